The van der Waals surface area contributed by atoms with Gasteiger partial charge >= 0.3 is 0 Å². The summed E-state index contributed by atoms with van der Waals surface area (Å²) in [5, 5.41) is 34.2. The molecule has 0 spiro atoms. The molecule has 0 aliphatic rings. The normalized spacial score (nSPS) is 10.8. The van der Waals surface area contributed by atoms with E-state index in [0.29, 0.717) is 0 Å². The Hall–Kier alpha value is 1.37. The Bertz CT molecular complexity index is 60.1. The van der Waals surface area contributed by atoms with Gasteiger partial charge in [0.2, 0.25) is 0 Å². The quantitative estimate of drug-likeness (QED) is 0.468. The molecule has 0 aromatic rings. The van der Waals surface area contributed by atoms with Crippen LogP contribution in [0.5, 0.6) is 0 Å². The molecule has 0 aliphatic carbocycles. The fourth-order valence-corrected chi connectivity index (χ4v) is 0.805. The molecule has 1 radical (unpaired) electrons. The van der Waals surface area contributed by atoms with Crippen molar-refractivity contribution in [3.05, 3.63) is 0 Å². The molecule has 0 heterocycles. The van der Waals surface area contributed by atoms with Crippen molar-refractivity contribution in [2.45, 2.75) is 0 Å². The van der Waals surface area contributed by atoms with Crippen LogP contribution in [-0.4, -0.2) is 45.8 Å². The van der Waals surface area contributed by atoms with Crippen LogP contribution in [0.25, 0.3) is 0 Å². The first-order valence-corrected chi connectivity index (χ1v) is 5.06. The van der Waals surface area contributed by atoms with Crippen LogP contribution in [-0.2, 0) is 32.7 Å². The molecule has 6 heteroatoms. The summed E-state index contributed by atoms with van der Waals surface area (Å²) in [6.45, 7) is 0. The number of aliphatic hydroxyl groups excluding tert-OH is 4. The van der Waals surface area contributed by atoms with Crippen molar-refractivity contribution in [1.82, 2.24) is 0 Å². The van der Waals surface area contributed by atoms with Gasteiger partial charge in [0.15, 0.2) is 25.4 Å². The molecule has 0 atom stereocenters. The summed E-state index contributed by atoms with van der Waals surface area (Å²) in [5.41, 5.74) is 0. The first-order valence-electron chi connectivity index (χ1n) is 2.53. The van der Waals surface area contributed by atoms with E-state index in [1.807, 2.05) is 0 Å². The fraction of sp³-hybridized carbons (Fsp3) is 1.00. The Labute approximate surface area is 85.5 Å². The zero-order valence-electron chi connectivity index (χ0n) is 5.64. The Morgan fingerprint density at radius 2 is 0.900 bits per heavy atom. The van der Waals surface area contributed by atoms with Gasteiger partial charge in [-0.2, -0.15) is 0 Å². The molecule has 0 saturated carbocycles. The SMILES string of the molecule is OC[P+](CO)(CO)CO.[Y]. The minimum Gasteiger partial charge on any atom is -0.361 e. The van der Waals surface area contributed by atoms with Crippen molar-refractivity contribution in [2.75, 3.05) is 25.4 Å². The van der Waals surface area contributed by atoms with Gasteiger partial charge in [-0.05, 0) is 0 Å². The number of hydrogen-bond acceptors (Lipinski definition) is 4. The molecule has 4 nitrogen and oxygen atoms in total. The summed E-state index contributed by atoms with van der Waals surface area (Å²) in [6, 6.07) is 0. The Balaban J connectivity index is 0. The van der Waals surface area contributed by atoms with Gasteiger partial charge in [-0.25, -0.2) is 0 Å². The molecule has 59 valence electrons. The maximum absolute atomic E-state index is 8.55. The molecule has 0 rings (SSSR count). The van der Waals surface area contributed by atoms with Crippen molar-refractivity contribution >= 4 is 7.26 Å². The van der Waals surface area contributed by atoms with Crippen LogP contribution in [0.1, 0.15) is 0 Å². The molecule has 0 fully saturated rings. The predicted octanol–water partition coefficient (Wildman–Crippen LogP) is -1.20. The minimum atomic E-state index is -2.20. The standard InChI is InChI=1S/C4H12O4P.Y/c5-1-9(2-6,3-7)4-8;/h5-8H,1-4H2;/q+1;. The van der Waals surface area contributed by atoms with E-state index in [0.717, 1.165) is 0 Å². The van der Waals surface area contributed by atoms with Gasteiger partial charge in [0, 0.05) is 32.7 Å². The third kappa shape index (κ3) is 3.68. The predicted molar refractivity (Wildman–Crippen MR) is 35.3 cm³/mol. The van der Waals surface area contributed by atoms with Gasteiger partial charge in [0.1, 0.15) is 7.26 Å². The summed E-state index contributed by atoms with van der Waals surface area (Å²) in [5.74, 6) is 0. The second kappa shape index (κ2) is 7.05. The van der Waals surface area contributed by atoms with E-state index < -0.39 is 7.26 Å². The number of hydrogen-bond donors (Lipinski definition) is 4. The van der Waals surface area contributed by atoms with E-state index >= 15 is 0 Å². The van der Waals surface area contributed by atoms with Crippen LogP contribution in [0.4, 0.5) is 0 Å². The van der Waals surface area contributed by atoms with E-state index in [-0.39, 0.29) is 58.1 Å². The summed E-state index contributed by atoms with van der Waals surface area (Å²) in [4.78, 5) is 0. The second-order valence-corrected chi connectivity index (χ2v) is 5.72. The third-order valence-electron chi connectivity index (χ3n) is 1.20. The van der Waals surface area contributed by atoms with Gasteiger partial charge in [0.05, 0.1) is 0 Å². The number of aliphatic hydroxyl groups is 4. The molecular formula is C4H12O4PY+. The summed E-state index contributed by atoms with van der Waals surface area (Å²) < 4.78 is 0. The molecule has 10 heavy (non-hydrogen) atoms. The second-order valence-electron chi connectivity index (χ2n) is 1.91. The fourth-order valence-electron chi connectivity index (χ4n) is 0.268. The molecule has 0 amide bonds. The molecule has 0 saturated heterocycles. The molecule has 0 aromatic carbocycles. The van der Waals surface area contributed by atoms with Crippen LogP contribution in [0, 0.1) is 0 Å². The smallest absolute Gasteiger partial charge is 0.161 e. The first kappa shape index (κ1) is 13.9. The molecule has 4 N–H and O–H groups in total. The van der Waals surface area contributed by atoms with Crippen LogP contribution in [0.2, 0.25) is 0 Å². The van der Waals surface area contributed by atoms with Crippen molar-refractivity contribution in [2.24, 2.45) is 0 Å². The van der Waals surface area contributed by atoms with Crippen molar-refractivity contribution in [1.29, 1.82) is 0 Å². The zero-order valence-corrected chi connectivity index (χ0v) is 9.37. The first-order chi connectivity index (χ1) is 4.24. The number of rotatable bonds is 4. The van der Waals surface area contributed by atoms with Gasteiger partial charge in [-0.1, -0.05) is 0 Å². The average Bonchev–Trinajstić information content (AvgIpc) is 1.95. The summed E-state index contributed by atoms with van der Waals surface area (Å²) in [6.07, 6.45) is -1.18. The third-order valence-corrected chi connectivity index (χ3v) is 3.60. The van der Waals surface area contributed by atoms with E-state index in [4.69, 9.17) is 20.4 Å². The van der Waals surface area contributed by atoms with Crippen LogP contribution >= 0.6 is 7.26 Å². The van der Waals surface area contributed by atoms with Crippen LogP contribution in [0.15, 0.2) is 0 Å². The van der Waals surface area contributed by atoms with Crippen LogP contribution < -0.4 is 0 Å². The molecule has 0 bridgehead atoms. The Morgan fingerprint density at radius 3 is 0.900 bits per heavy atom. The molecular weight excluding hydrogens is 232 g/mol. The molecule has 0 aromatic heterocycles. The zero-order chi connectivity index (χ0) is 7.33. The summed E-state index contributed by atoms with van der Waals surface area (Å²) >= 11 is 0. The Kier molecular flexibility index (Phi) is 9.82. The topological polar surface area (TPSA) is 80.9 Å². The monoisotopic (exact) mass is 244 g/mol. The van der Waals surface area contributed by atoms with E-state index in [1.165, 1.54) is 0 Å². The van der Waals surface area contributed by atoms with Crippen LogP contribution in [0.3, 0.4) is 0 Å². The van der Waals surface area contributed by atoms with Crippen molar-refractivity contribution in [3.8, 4) is 0 Å². The molecule has 0 unspecified atom stereocenters. The summed E-state index contributed by atoms with van der Waals surface area (Å²) in [7, 11) is -2.20. The van der Waals surface area contributed by atoms with Gasteiger partial charge in [-0.15, -0.1) is 0 Å². The molecule has 0 aliphatic heterocycles. The van der Waals surface area contributed by atoms with E-state index in [1.54, 1.807) is 0 Å². The van der Waals surface area contributed by atoms with E-state index in [2.05, 4.69) is 0 Å². The van der Waals surface area contributed by atoms with Crippen molar-refractivity contribution < 1.29 is 53.1 Å². The largest absolute Gasteiger partial charge is 0.361 e. The Morgan fingerprint density at radius 1 is 0.700 bits per heavy atom. The van der Waals surface area contributed by atoms with Gasteiger partial charge in [0.25, 0.3) is 0 Å². The van der Waals surface area contributed by atoms with Gasteiger partial charge in [-0.3, -0.25) is 0 Å². The average molecular weight is 244 g/mol. The maximum Gasteiger partial charge on any atom is 0.161 e. The minimum absolute atomic E-state index is 0. The maximum atomic E-state index is 8.55. The van der Waals surface area contributed by atoms with Gasteiger partial charge < -0.3 is 20.4 Å². The van der Waals surface area contributed by atoms with Crippen molar-refractivity contribution in [3.63, 3.8) is 0 Å². The van der Waals surface area contributed by atoms with E-state index in [9.17, 15) is 0 Å².